The summed E-state index contributed by atoms with van der Waals surface area (Å²) >= 11 is 0. The van der Waals surface area contributed by atoms with Crippen LogP contribution in [0.15, 0.2) is 63.2 Å². The van der Waals surface area contributed by atoms with Crippen LogP contribution in [0.1, 0.15) is 109 Å². The number of anilines is 1. The minimum atomic E-state index is -2.24. The quantitative estimate of drug-likeness (QED) is 0.0609. The van der Waals surface area contributed by atoms with Gasteiger partial charge in [0.2, 0.25) is 0 Å². The van der Waals surface area contributed by atoms with Crippen LogP contribution < -0.4 is 22.3 Å². The molecule has 2 aliphatic heterocycles. The molecule has 1 aromatic carbocycles. The number of carbonyl (C=O) groups is 1. The highest BCUT2D eigenvalue weighted by Gasteiger charge is 2.53. The lowest BCUT2D eigenvalue weighted by Crippen LogP contribution is -2.49. The monoisotopic (exact) mass is 1060 g/mol. The third-order valence-corrected chi connectivity index (χ3v) is 24.3. The fraction of sp³-hybridized carbons (Fsp3) is 0.646. The van der Waals surface area contributed by atoms with Gasteiger partial charge in [0.05, 0.1) is 50.4 Å². The van der Waals surface area contributed by atoms with E-state index in [1.54, 1.807) is 43.5 Å². The van der Waals surface area contributed by atoms with Crippen LogP contribution in [0.4, 0.5) is 5.82 Å². The zero-order valence-electron chi connectivity index (χ0n) is 44.0. The van der Waals surface area contributed by atoms with Crippen LogP contribution in [0.2, 0.25) is 36.3 Å². The molecule has 2 N–H and O–H groups in total. The normalized spacial score (nSPS) is 23.5. The number of nitrogens with one attached hydrogen (secondary N) is 2. The summed E-state index contributed by atoms with van der Waals surface area (Å²) in [7, 11) is -7.17. The molecule has 4 heterocycles. The zero-order chi connectivity index (χ0) is 53.1. The summed E-state index contributed by atoms with van der Waals surface area (Å²) < 4.78 is 53.1. The van der Waals surface area contributed by atoms with Gasteiger partial charge in [-0.15, -0.1) is 0 Å². The van der Waals surface area contributed by atoms with Crippen molar-refractivity contribution in [1.29, 1.82) is 10.5 Å². The molecule has 2 aliphatic rings. The fourth-order valence-electron chi connectivity index (χ4n) is 7.14. The van der Waals surface area contributed by atoms with E-state index in [-0.39, 0.29) is 60.1 Å². The van der Waals surface area contributed by atoms with Gasteiger partial charge in [0.25, 0.3) is 11.5 Å². The van der Waals surface area contributed by atoms with Gasteiger partial charge in [-0.25, -0.2) is 9.59 Å². The first-order valence-corrected chi connectivity index (χ1v) is 33.0. The first-order chi connectivity index (χ1) is 33.2. The van der Waals surface area contributed by atoms with Gasteiger partial charge in [-0.2, -0.15) is 15.5 Å². The Hall–Kier alpha value is -3.80. The van der Waals surface area contributed by atoms with Gasteiger partial charge in [0.15, 0.2) is 45.8 Å². The minimum absolute atomic E-state index is 0.0282. The number of H-pyrrole nitrogens is 1. The van der Waals surface area contributed by atoms with Crippen molar-refractivity contribution in [2.45, 2.75) is 173 Å². The summed E-state index contributed by atoms with van der Waals surface area (Å²) in [6.45, 7) is 31.4. The molecule has 0 aliphatic carbocycles. The largest absolute Gasteiger partial charge is 0.408 e. The predicted molar refractivity (Wildman–Crippen MR) is 279 cm³/mol. The second-order valence-electron chi connectivity index (χ2n) is 20.4. The molecule has 23 heteroatoms. The molecule has 0 saturated carbocycles. The van der Waals surface area contributed by atoms with E-state index in [1.165, 1.54) is 15.3 Å². The minimum Gasteiger partial charge on any atom is -0.408 e. The molecule has 5 rings (SSSR count). The van der Waals surface area contributed by atoms with Crippen LogP contribution in [0.3, 0.4) is 0 Å². The Morgan fingerprint density at radius 3 is 1.66 bits per heavy atom. The Labute approximate surface area is 422 Å². The van der Waals surface area contributed by atoms with Crippen molar-refractivity contribution < 1.29 is 41.2 Å². The van der Waals surface area contributed by atoms with Gasteiger partial charge >= 0.3 is 11.4 Å². The van der Waals surface area contributed by atoms with Crippen LogP contribution in [0, 0.1) is 29.6 Å². The van der Waals surface area contributed by atoms with Gasteiger partial charge < -0.3 is 41.7 Å². The Kier molecular flexibility index (Phi) is 21.8. The second-order valence-corrected chi connectivity index (χ2v) is 32.6. The summed E-state index contributed by atoms with van der Waals surface area (Å²) in [6.07, 6.45) is 0.583. The van der Waals surface area contributed by atoms with Crippen LogP contribution in [0.5, 0.6) is 0 Å². The van der Waals surface area contributed by atoms with E-state index in [2.05, 4.69) is 89.1 Å². The number of aromatic amines is 1. The van der Waals surface area contributed by atoms with Crippen LogP contribution in [-0.2, 0) is 36.4 Å². The van der Waals surface area contributed by atoms with Gasteiger partial charge in [0, 0.05) is 36.9 Å². The van der Waals surface area contributed by atoms with E-state index in [1.807, 2.05) is 39.3 Å². The van der Waals surface area contributed by atoms with Gasteiger partial charge in [-0.1, -0.05) is 73.6 Å². The maximum Gasteiger partial charge on any atom is 0.351 e. The summed E-state index contributed by atoms with van der Waals surface area (Å²) in [5.41, 5.74) is -0.723. The van der Waals surface area contributed by atoms with Crippen molar-refractivity contribution >= 4 is 45.1 Å². The molecule has 392 valence electrons. The molecular formula is C48H75N7O12P2Si2. The summed E-state index contributed by atoms with van der Waals surface area (Å²) in [4.78, 5) is 56.7. The van der Waals surface area contributed by atoms with E-state index in [0.717, 1.165) is 0 Å². The molecule has 0 radical (unpaired) electrons. The molecule has 10 atom stereocenters. The number of aryl methyl sites for hydroxylation is 1. The second kappa shape index (κ2) is 25.9. The van der Waals surface area contributed by atoms with E-state index in [0.29, 0.717) is 24.0 Å². The molecule has 1 amide bonds. The molecule has 19 nitrogen and oxygen atoms in total. The Balaban J connectivity index is 0.000000315. The fourth-order valence-corrected chi connectivity index (χ4v) is 11.7. The number of ether oxygens (including phenoxy) is 2. The van der Waals surface area contributed by atoms with Crippen molar-refractivity contribution in [3.63, 3.8) is 0 Å². The van der Waals surface area contributed by atoms with Gasteiger partial charge in [-0.05, 0) is 74.2 Å². The number of aromatic nitrogens is 4. The maximum atomic E-state index is 13.2. The first-order valence-electron chi connectivity index (χ1n) is 23.9. The number of amides is 1. The summed E-state index contributed by atoms with van der Waals surface area (Å²) in [5.74, 6) is -0.224. The van der Waals surface area contributed by atoms with Crippen molar-refractivity contribution in [1.82, 2.24) is 19.1 Å². The SMILES string of the molecule is CC[C@H]1O[C@@H](n2cc(C)c(=O)[nH]c2=O)C(OP(C)OCCC#N)[C@H]1O[Si](C)(C)C(C)(C)C.CC[C@H]1O[C@@H](n2ccc(NC(=O)c3ccccc3)nc2=O)C(OP(C)OCCC#N)[C@H]1O[Si](C)(C)C(C)(C)C. The lowest BCUT2D eigenvalue weighted by molar-refractivity contribution is -0.0351. The van der Waals surface area contributed by atoms with Gasteiger partial charge in [0.1, 0.15) is 30.2 Å². The number of rotatable bonds is 20. The molecule has 2 saturated heterocycles. The Bertz CT molecular complexity index is 2490. The number of hydrogen-bond acceptors (Lipinski definition) is 15. The molecule has 4 unspecified atom stereocenters. The third-order valence-electron chi connectivity index (χ3n) is 13.2. The third kappa shape index (κ3) is 15.9. The predicted octanol–water partition coefficient (Wildman–Crippen LogP) is 9.25. The lowest BCUT2D eigenvalue weighted by Gasteiger charge is -2.40. The number of nitriles is 2. The number of carbonyl (C=O) groups excluding carboxylic acids is 1. The van der Waals surface area contributed by atoms with Crippen LogP contribution in [-0.4, -0.2) is 105 Å². The van der Waals surface area contributed by atoms with Crippen molar-refractivity contribution in [3.05, 3.63) is 91.2 Å². The highest BCUT2D eigenvalue weighted by molar-refractivity contribution is 7.46. The van der Waals surface area contributed by atoms with Crippen LogP contribution >= 0.6 is 16.8 Å². The van der Waals surface area contributed by atoms with E-state index >= 15 is 0 Å². The van der Waals surface area contributed by atoms with Crippen molar-refractivity contribution in [3.8, 4) is 12.1 Å². The average molecular weight is 1060 g/mol. The highest BCUT2D eigenvalue weighted by Crippen LogP contribution is 2.49. The maximum absolute atomic E-state index is 13.2. The van der Waals surface area contributed by atoms with E-state index in [9.17, 15) is 19.2 Å². The summed E-state index contributed by atoms with van der Waals surface area (Å²) in [6, 6.07) is 14.4. The number of nitrogens with zero attached hydrogens (tertiary/aromatic N) is 5. The van der Waals surface area contributed by atoms with Crippen molar-refractivity contribution in [2.24, 2.45) is 0 Å². The molecule has 2 aromatic heterocycles. The average Bonchev–Trinajstić information content (AvgIpc) is 3.79. The Morgan fingerprint density at radius 2 is 1.24 bits per heavy atom. The van der Waals surface area contributed by atoms with E-state index < -0.39 is 87.2 Å². The molecule has 0 bridgehead atoms. The molecule has 71 heavy (non-hydrogen) atoms. The summed E-state index contributed by atoms with van der Waals surface area (Å²) in [5, 5.41) is 20.2. The lowest BCUT2D eigenvalue weighted by atomic mass is 10.1. The standard InChI is InChI=1S/C27H39N4O6PSi.C21H36N3O6PSi/c1-8-20-22(37-39(6,7)27(2,3)4)23(36-38(5)34-18-12-16-28)25(35-20)31-17-15-21(30-26(31)33)29-24(32)19-13-10-9-11-14-19;1-9-15-16(30-32(7,8)21(3,4)5)17(29-31(6)27-12-10-11-22)19(28-15)24-13-14(2)18(25)23-20(24)26/h9-11,13-15,17,20,22-23,25H,8,12,18H2,1-7H3,(H,29,30,32,33);13,15-17,19H,9-10,12H2,1-8H3,(H,23,25,26)/t20-,22+,23?,25-,38?;15-,16+,17?,19-,31?/m11/s1. The topological polar surface area (TPSA) is 240 Å². The zero-order valence-corrected chi connectivity index (χ0v) is 47.8. The van der Waals surface area contributed by atoms with Crippen LogP contribution in [0.25, 0.3) is 0 Å². The van der Waals surface area contributed by atoms with Gasteiger partial charge in [-0.3, -0.25) is 23.7 Å². The molecular weight excluding hydrogens is 985 g/mol. The first kappa shape index (κ1) is 59.8. The number of benzene rings is 1. The Morgan fingerprint density at radius 1 is 0.775 bits per heavy atom. The molecule has 3 aromatic rings. The molecule has 0 spiro atoms. The van der Waals surface area contributed by atoms with Crippen molar-refractivity contribution in [2.75, 3.05) is 31.9 Å². The number of hydrogen-bond donors (Lipinski definition) is 2. The van der Waals surface area contributed by atoms with E-state index in [4.69, 9.17) is 46.9 Å². The molecule has 2 fully saturated rings. The smallest absolute Gasteiger partial charge is 0.351 e. The highest BCUT2D eigenvalue weighted by atomic mass is 31.2.